The third kappa shape index (κ3) is 4.25. The summed E-state index contributed by atoms with van der Waals surface area (Å²) in [6, 6.07) is 9.10. The predicted molar refractivity (Wildman–Crippen MR) is 110 cm³/mol. The summed E-state index contributed by atoms with van der Waals surface area (Å²) in [5.74, 6) is -0.235. The minimum atomic E-state index is -3.46. The van der Waals surface area contributed by atoms with E-state index in [2.05, 4.69) is 26.1 Å². The third-order valence-corrected chi connectivity index (χ3v) is 8.21. The van der Waals surface area contributed by atoms with Gasteiger partial charge in [-0.15, -0.1) is 11.3 Å². The van der Waals surface area contributed by atoms with Crippen molar-refractivity contribution in [2.75, 3.05) is 18.4 Å². The average Bonchev–Trinajstić information content (AvgIpc) is 3.25. The van der Waals surface area contributed by atoms with Crippen molar-refractivity contribution in [2.45, 2.75) is 50.2 Å². The molecule has 1 fully saturated rings. The van der Waals surface area contributed by atoms with Gasteiger partial charge in [0.1, 0.15) is 4.21 Å². The molecule has 3 rings (SSSR count). The van der Waals surface area contributed by atoms with Crippen LogP contribution in [0.5, 0.6) is 0 Å². The summed E-state index contributed by atoms with van der Waals surface area (Å²) in [4.78, 5) is 13.4. The van der Waals surface area contributed by atoms with Crippen molar-refractivity contribution in [1.29, 1.82) is 0 Å². The molecule has 1 aromatic carbocycles. The van der Waals surface area contributed by atoms with Crippen molar-refractivity contribution in [3.63, 3.8) is 0 Å². The van der Waals surface area contributed by atoms with Crippen LogP contribution in [0.25, 0.3) is 0 Å². The molecule has 2 heterocycles. The molecule has 2 aromatic rings. The maximum absolute atomic E-state index is 12.7. The number of nitrogens with zero attached hydrogens (tertiary/aromatic N) is 1. The lowest BCUT2D eigenvalue weighted by molar-refractivity contribution is 0.102. The van der Waals surface area contributed by atoms with E-state index in [1.54, 1.807) is 18.2 Å². The first-order chi connectivity index (χ1) is 12.6. The van der Waals surface area contributed by atoms with Gasteiger partial charge in [0, 0.05) is 23.5 Å². The number of thiophene rings is 1. The summed E-state index contributed by atoms with van der Waals surface area (Å²) < 4.78 is 27.2. The first-order valence-electron chi connectivity index (χ1n) is 9.11. The number of anilines is 1. The molecule has 1 aromatic heterocycles. The second-order valence-electron chi connectivity index (χ2n) is 7.93. The van der Waals surface area contributed by atoms with E-state index in [1.165, 1.54) is 15.6 Å². The summed E-state index contributed by atoms with van der Waals surface area (Å²) in [5, 5.41) is 2.86. The standard InChI is InChI=1S/C20H26N2O3S2/c1-14-17(13-18(26-14)27(24,25)22-11-5-6-12-22)21-19(23)15-7-9-16(10-8-15)20(2,3)4/h7-10,13H,5-6,11-12H2,1-4H3,(H,21,23). The molecule has 7 heteroatoms. The number of amides is 1. The van der Waals surface area contributed by atoms with Gasteiger partial charge >= 0.3 is 0 Å². The highest BCUT2D eigenvalue weighted by atomic mass is 32.2. The zero-order chi connectivity index (χ0) is 19.8. The van der Waals surface area contributed by atoms with Gasteiger partial charge in [0.25, 0.3) is 15.9 Å². The average molecular weight is 407 g/mol. The molecule has 1 amide bonds. The van der Waals surface area contributed by atoms with Crippen LogP contribution in [0.15, 0.2) is 34.5 Å². The van der Waals surface area contributed by atoms with Crippen LogP contribution < -0.4 is 5.32 Å². The second-order valence-corrected chi connectivity index (χ2v) is 11.3. The van der Waals surface area contributed by atoms with Crippen LogP contribution in [-0.2, 0) is 15.4 Å². The predicted octanol–water partition coefficient (Wildman–Crippen LogP) is 4.39. The third-order valence-electron chi connectivity index (χ3n) is 4.82. The largest absolute Gasteiger partial charge is 0.321 e. The van der Waals surface area contributed by atoms with Crippen LogP contribution in [0, 0.1) is 6.92 Å². The smallest absolute Gasteiger partial charge is 0.255 e. The molecule has 5 nitrogen and oxygen atoms in total. The van der Waals surface area contributed by atoms with Crippen molar-refractivity contribution in [3.05, 3.63) is 46.3 Å². The number of sulfonamides is 1. The minimum Gasteiger partial charge on any atom is -0.321 e. The Bertz CT molecular complexity index is 933. The molecule has 146 valence electrons. The molecule has 0 aliphatic carbocycles. The second kappa shape index (κ2) is 7.37. The molecule has 1 aliphatic rings. The zero-order valence-corrected chi connectivity index (χ0v) is 17.8. The molecular weight excluding hydrogens is 380 g/mol. The fourth-order valence-corrected chi connectivity index (χ4v) is 6.15. The molecule has 0 saturated carbocycles. The van der Waals surface area contributed by atoms with E-state index in [1.807, 2.05) is 19.1 Å². The highest BCUT2D eigenvalue weighted by Crippen LogP contribution is 2.33. The number of rotatable bonds is 4. The fourth-order valence-electron chi connectivity index (χ4n) is 3.08. The van der Waals surface area contributed by atoms with E-state index in [0.29, 0.717) is 28.5 Å². The van der Waals surface area contributed by atoms with Gasteiger partial charge in [0.2, 0.25) is 0 Å². The van der Waals surface area contributed by atoms with E-state index in [4.69, 9.17) is 0 Å². The highest BCUT2D eigenvalue weighted by Gasteiger charge is 2.29. The summed E-state index contributed by atoms with van der Waals surface area (Å²) in [7, 11) is -3.46. The first-order valence-corrected chi connectivity index (χ1v) is 11.4. The number of aryl methyl sites for hydroxylation is 1. The van der Waals surface area contributed by atoms with Crippen LogP contribution >= 0.6 is 11.3 Å². The Hall–Kier alpha value is -1.70. The number of carbonyl (C=O) groups is 1. The van der Waals surface area contributed by atoms with Gasteiger partial charge < -0.3 is 5.32 Å². The molecule has 27 heavy (non-hydrogen) atoms. The van der Waals surface area contributed by atoms with Crippen LogP contribution in [0.1, 0.15) is 54.4 Å². The van der Waals surface area contributed by atoms with Gasteiger partial charge in [-0.1, -0.05) is 32.9 Å². The molecule has 1 N–H and O–H groups in total. The molecule has 0 radical (unpaired) electrons. The van der Waals surface area contributed by atoms with Crippen LogP contribution in [0.4, 0.5) is 5.69 Å². The van der Waals surface area contributed by atoms with Gasteiger partial charge in [-0.3, -0.25) is 4.79 Å². The van der Waals surface area contributed by atoms with Crippen LogP contribution in [0.2, 0.25) is 0 Å². The minimum absolute atomic E-state index is 0.0256. The van der Waals surface area contributed by atoms with Crippen molar-refractivity contribution >= 4 is 33.0 Å². The molecule has 0 unspecified atom stereocenters. The van der Waals surface area contributed by atoms with E-state index in [9.17, 15) is 13.2 Å². The van der Waals surface area contributed by atoms with Crippen molar-refractivity contribution in [1.82, 2.24) is 4.31 Å². The summed E-state index contributed by atoms with van der Waals surface area (Å²) >= 11 is 1.21. The number of benzene rings is 1. The van der Waals surface area contributed by atoms with Crippen molar-refractivity contribution in [3.8, 4) is 0 Å². The lowest BCUT2D eigenvalue weighted by atomic mass is 9.87. The van der Waals surface area contributed by atoms with Crippen molar-refractivity contribution in [2.24, 2.45) is 0 Å². The SMILES string of the molecule is Cc1sc(S(=O)(=O)N2CCCC2)cc1NC(=O)c1ccc(C(C)(C)C)cc1. The lowest BCUT2D eigenvalue weighted by Crippen LogP contribution is -2.27. The highest BCUT2D eigenvalue weighted by molar-refractivity contribution is 7.91. The van der Waals surface area contributed by atoms with Gasteiger partial charge in [-0.2, -0.15) is 4.31 Å². The maximum atomic E-state index is 12.7. The molecule has 0 bridgehead atoms. The molecule has 0 atom stereocenters. The van der Waals surface area contributed by atoms with E-state index in [-0.39, 0.29) is 11.3 Å². The molecule has 1 saturated heterocycles. The number of hydrogen-bond donors (Lipinski definition) is 1. The van der Waals surface area contributed by atoms with Crippen LogP contribution in [0.3, 0.4) is 0 Å². The van der Waals surface area contributed by atoms with E-state index in [0.717, 1.165) is 23.3 Å². The monoisotopic (exact) mass is 406 g/mol. The van der Waals surface area contributed by atoms with Gasteiger partial charge in [0.05, 0.1) is 5.69 Å². The fraction of sp³-hybridized carbons (Fsp3) is 0.450. The maximum Gasteiger partial charge on any atom is 0.255 e. The van der Waals surface area contributed by atoms with E-state index < -0.39 is 10.0 Å². The Kier molecular flexibility index (Phi) is 5.47. The van der Waals surface area contributed by atoms with Gasteiger partial charge in [-0.05, 0) is 48.9 Å². The number of hydrogen-bond acceptors (Lipinski definition) is 4. The summed E-state index contributed by atoms with van der Waals surface area (Å²) in [5.41, 5.74) is 2.29. The first kappa shape index (κ1) is 20.0. The number of carbonyl (C=O) groups excluding carboxylic acids is 1. The summed E-state index contributed by atoms with van der Waals surface area (Å²) in [6.45, 7) is 9.34. The summed E-state index contributed by atoms with van der Waals surface area (Å²) in [6.07, 6.45) is 1.80. The lowest BCUT2D eigenvalue weighted by Gasteiger charge is -2.19. The van der Waals surface area contributed by atoms with Crippen molar-refractivity contribution < 1.29 is 13.2 Å². The topological polar surface area (TPSA) is 66.5 Å². The Labute approximate surface area is 165 Å². The Morgan fingerprint density at radius 3 is 2.26 bits per heavy atom. The zero-order valence-electron chi connectivity index (χ0n) is 16.2. The number of nitrogens with one attached hydrogen (secondary N) is 1. The quantitative estimate of drug-likeness (QED) is 0.819. The Morgan fingerprint density at radius 2 is 1.70 bits per heavy atom. The van der Waals surface area contributed by atoms with Gasteiger partial charge in [-0.25, -0.2) is 8.42 Å². The Morgan fingerprint density at radius 1 is 1.11 bits per heavy atom. The van der Waals surface area contributed by atoms with E-state index >= 15 is 0 Å². The Balaban J connectivity index is 1.78. The van der Waals surface area contributed by atoms with Crippen LogP contribution in [-0.4, -0.2) is 31.7 Å². The molecule has 0 spiro atoms. The molecular formula is C20H26N2O3S2. The van der Waals surface area contributed by atoms with Gasteiger partial charge in [0.15, 0.2) is 0 Å². The molecule has 1 aliphatic heterocycles. The normalized spacial score (nSPS) is 15.9.